The number of aromatic nitrogens is 2. The lowest BCUT2D eigenvalue weighted by molar-refractivity contribution is 0.199. The Bertz CT molecular complexity index is 528. The third-order valence-corrected chi connectivity index (χ3v) is 4.06. The predicted molar refractivity (Wildman–Crippen MR) is 85.0 cm³/mol. The average molecular weight is 307 g/mol. The maximum atomic E-state index is 5.16. The molecule has 6 heteroatoms. The Kier molecular flexibility index (Phi) is 6.59. The summed E-state index contributed by atoms with van der Waals surface area (Å²) in [4.78, 5) is 0. The first-order valence-electron chi connectivity index (χ1n) is 7.00. The van der Waals surface area contributed by atoms with Crippen LogP contribution in [0.5, 0.6) is 5.75 Å². The molecule has 0 saturated carbocycles. The van der Waals surface area contributed by atoms with Gasteiger partial charge in [0.15, 0.2) is 0 Å². The minimum atomic E-state index is 0.750. The van der Waals surface area contributed by atoms with Crippen LogP contribution in [0.4, 0.5) is 0 Å². The Labute approximate surface area is 129 Å². The molecule has 0 unspecified atom stereocenters. The van der Waals surface area contributed by atoms with E-state index < -0.39 is 0 Å². The monoisotopic (exact) mass is 307 g/mol. The average Bonchev–Trinajstić information content (AvgIpc) is 3.00. The third-order valence-electron chi connectivity index (χ3n) is 3.03. The molecule has 0 saturated heterocycles. The first-order chi connectivity index (χ1) is 10.3. The van der Waals surface area contributed by atoms with Crippen molar-refractivity contribution in [2.24, 2.45) is 0 Å². The minimum absolute atomic E-state index is 0.750. The van der Waals surface area contributed by atoms with Crippen molar-refractivity contribution in [3.63, 3.8) is 0 Å². The molecule has 0 atom stereocenters. The van der Waals surface area contributed by atoms with Crippen molar-refractivity contribution in [1.29, 1.82) is 0 Å². The lowest BCUT2D eigenvalue weighted by Crippen LogP contribution is -2.20. The fourth-order valence-corrected chi connectivity index (χ4v) is 2.76. The lowest BCUT2D eigenvalue weighted by atomic mass is 10.2. The molecule has 0 fully saturated rings. The number of nitrogens with one attached hydrogen (secondary N) is 1. The van der Waals surface area contributed by atoms with Gasteiger partial charge < -0.3 is 14.8 Å². The van der Waals surface area contributed by atoms with Crippen molar-refractivity contribution >= 4 is 11.3 Å². The Morgan fingerprint density at radius 2 is 1.90 bits per heavy atom. The quantitative estimate of drug-likeness (QED) is 0.721. The number of hydrogen-bond donors (Lipinski definition) is 1. The van der Waals surface area contributed by atoms with Crippen LogP contribution >= 0.6 is 11.3 Å². The Hall–Kier alpha value is -1.50. The molecule has 5 nitrogen and oxygen atoms in total. The van der Waals surface area contributed by atoms with Gasteiger partial charge in [-0.3, -0.25) is 0 Å². The van der Waals surface area contributed by atoms with Crippen LogP contribution in [0.1, 0.15) is 11.4 Å². The number of benzene rings is 1. The van der Waals surface area contributed by atoms with Crippen LogP contribution in [0, 0.1) is 0 Å². The SMILES string of the molecule is COCCNCCCc1nnc(-c2ccc(OC)cc2)s1. The molecule has 1 N–H and O–H groups in total. The molecule has 0 aliphatic rings. The maximum absolute atomic E-state index is 5.16. The summed E-state index contributed by atoms with van der Waals surface area (Å²) in [5, 5.41) is 13.9. The van der Waals surface area contributed by atoms with E-state index in [1.807, 2.05) is 24.3 Å². The second-order valence-electron chi connectivity index (χ2n) is 4.58. The number of nitrogens with zero attached hydrogens (tertiary/aromatic N) is 2. The minimum Gasteiger partial charge on any atom is -0.497 e. The van der Waals surface area contributed by atoms with Gasteiger partial charge in [-0.05, 0) is 37.2 Å². The molecular weight excluding hydrogens is 286 g/mol. The maximum Gasteiger partial charge on any atom is 0.147 e. The van der Waals surface area contributed by atoms with Gasteiger partial charge in [-0.25, -0.2) is 0 Å². The molecule has 0 aliphatic heterocycles. The molecule has 0 amide bonds. The second-order valence-corrected chi connectivity index (χ2v) is 5.64. The second kappa shape index (κ2) is 8.71. The standard InChI is InChI=1S/C15H21N3O2S/c1-19-11-10-16-9-3-4-14-17-18-15(21-14)12-5-7-13(20-2)8-6-12/h5-8,16H,3-4,9-11H2,1-2H3. The van der Waals surface area contributed by atoms with Gasteiger partial charge >= 0.3 is 0 Å². The highest BCUT2D eigenvalue weighted by atomic mass is 32.1. The van der Waals surface area contributed by atoms with Gasteiger partial charge in [0.05, 0.1) is 13.7 Å². The molecule has 1 aromatic carbocycles. The first-order valence-corrected chi connectivity index (χ1v) is 7.81. The number of rotatable bonds is 9. The van der Waals surface area contributed by atoms with Crippen molar-refractivity contribution in [2.75, 3.05) is 33.9 Å². The van der Waals surface area contributed by atoms with Crippen molar-refractivity contribution in [3.8, 4) is 16.3 Å². The van der Waals surface area contributed by atoms with Crippen LogP contribution in [0.15, 0.2) is 24.3 Å². The van der Waals surface area contributed by atoms with Crippen LogP contribution < -0.4 is 10.1 Å². The Morgan fingerprint density at radius 3 is 2.62 bits per heavy atom. The van der Waals surface area contributed by atoms with Gasteiger partial charge in [0.25, 0.3) is 0 Å². The van der Waals surface area contributed by atoms with E-state index >= 15 is 0 Å². The lowest BCUT2D eigenvalue weighted by Gasteiger charge is -2.01. The highest BCUT2D eigenvalue weighted by Gasteiger charge is 2.06. The predicted octanol–water partition coefficient (Wildman–Crippen LogP) is 2.38. The smallest absolute Gasteiger partial charge is 0.147 e. The summed E-state index contributed by atoms with van der Waals surface area (Å²) in [7, 11) is 3.38. The summed E-state index contributed by atoms with van der Waals surface area (Å²) in [5.74, 6) is 0.852. The fraction of sp³-hybridized carbons (Fsp3) is 0.467. The molecule has 21 heavy (non-hydrogen) atoms. The molecule has 0 aliphatic carbocycles. The van der Waals surface area contributed by atoms with E-state index in [-0.39, 0.29) is 0 Å². The van der Waals surface area contributed by atoms with Crippen molar-refractivity contribution < 1.29 is 9.47 Å². The van der Waals surface area contributed by atoms with Crippen molar-refractivity contribution in [3.05, 3.63) is 29.3 Å². The molecule has 2 rings (SSSR count). The van der Waals surface area contributed by atoms with E-state index in [0.29, 0.717) is 0 Å². The van der Waals surface area contributed by atoms with E-state index in [9.17, 15) is 0 Å². The molecule has 0 radical (unpaired) electrons. The van der Waals surface area contributed by atoms with E-state index in [0.717, 1.165) is 53.9 Å². The zero-order chi connectivity index (χ0) is 14.9. The van der Waals surface area contributed by atoms with Crippen molar-refractivity contribution in [2.45, 2.75) is 12.8 Å². The van der Waals surface area contributed by atoms with Crippen LogP contribution in [-0.2, 0) is 11.2 Å². The number of methoxy groups -OCH3 is 2. The topological polar surface area (TPSA) is 56.3 Å². The zero-order valence-corrected chi connectivity index (χ0v) is 13.3. The van der Waals surface area contributed by atoms with E-state index in [1.165, 1.54) is 0 Å². The number of ether oxygens (including phenoxy) is 2. The molecule has 1 heterocycles. The molecule has 2 aromatic rings. The third kappa shape index (κ3) is 5.08. The Morgan fingerprint density at radius 1 is 1.10 bits per heavy atom. The summed E-state index contributed by atoms with van der Waals surface area (Å²) in [6, 6.07) is 7.90. The van der Waals surface area contributed by atoms with Gasteiger partial charge in [0, 0.05) is 25.6 Å². The van der Waals surface area contributed by atoms with Gasteiger partial charge in [-0.2, -0.15) is 0 Å². The summed E-state index contributed by atoms with van der Waals surface area (Å²) >= 11 is 1.65. The zero-order valence-electron chi connectivity index (χ0n) is 12.5. The number of hydrogen-bond acceptors (Lipinski definition) is 6. The molecule has 114 valence electrons. The van der Waals surface area contributed by atoms with Gasteiger partial charge in [0.2, 0.25) is 0 Å². The van der Waals surface area contributed by atoms with E-state index in [1.54, 1.807) is 25.6 Å². The fourth-order valence-electron chi connectivity index (χ4n) is 1.87. The van der Waals surface area contributed by atoms with Crippen LogP contribution in [-0.4, -0.2) is 44.1 Å². The van der Waals surface area contributed by atoms with Crippen LogP contribution in [0.2, 0.25) is 0 Å². The number of aryl methyl sites for hydroxylation is 1. The van der Waals surface area contributed by atoms with Crippen molar-refractivity contribution in [1.82, 2.24) is 15.5 Å². The normalized spacial score (nSPS) is 10.8. The summed E-state index contributed by atoms with van der Waals surface area (Å²) in [6.45, 7) is 2.62. The first kappa shape index (κ1) is 15.9. The highest BCUT2D eigenvalue weighted by Crippen LogP contribution is 2.25. The molecular formula is C15H21N3O2S. The van der Waals surface area contributed by atoms with E-state index in [2.05, 4.69) is 15.5 Å². The molecule has 0 spiro atoms. The van der Waals surface area contributed by atoms with Crippen LogP contribution in [0.3, 0.4) is 0 Å². The van der Waals surface area contributed by atoms with Gasteiger partial charge in [-0.15, -0.1) is 10.2 Å². The molecule has 1 aromatic heterocycles. The summed E-state index contributed by atoms with van der Waals surface area (Å²) in [5.41, 5.74) is 1.08. The molecule has 0 bridgehead atoms. The van der Waals surface area contributed by atoms with Gasteiger partial charge in [0.1, 0.15) is 15.8 Å². The van der Waals surface area contributed by atoms with Gasteiger partial charge in [-0.1, -0.05) is 11.3 Å². The van der Waals surface area contributed by atoms with Crippen LogP contribution in [0.25, 0.3) is 10.6 Å². The summed E-state index contributed by atoms with van der Waals surface area (Å²) in [6.07, 6.45) is 2.01. The largest absolute Gasteiger partial charge is 0.497 e. The summed E-state index contributed by atoms with van der Waals surface area (Å²) < 4.78 is 10.1. The Balaban J connectivity index is 1.80. The highest BCUT2D eigenvalue weighted by molar-refractivity contribution is 7.14. The van der Waals surface area contributed by atoms with E-state index in [4.69, 9.17) is 9.47 Å².